The minimum absolute atomic E-state index is 0.250. The van der Waals surface area contributed by atoms with Gasteiger partial charge in [-0.2, -0.15) is 0 Å². The third kappa shape index (κ3) is 4.97. The van der Waals surface area contributed by atoms with Crippen molar-refractivity contribution >= 4 is 50.7 Å². The van der Waals surface area contributed by atoms with Crippen LogP contribution in [0.4, 0.5) is 11.4 Å². The summed E-state index contributed by atoms with van der Waals surface area (Å²) < 4.78 is 0.742. The summed E-state index contributed by atoms with van der Waals surface area (Å²) in [5, 5.41) is 5.83. The monoisotopic (exact) mass is 457 g/mol. The third-order valence-electron chi connectivity index (χ3n) is 3.92. The van der Waals surface area contributed by atoms with Crippen LogP contribution in [0.15, 0.2) is 59.3 Å². The van der Waals surface area contributed by atoms with Gasteiger partial charge < -0.3 is 10.6 Å². The van der Waals surface area contributed by atoms with Crippen LogP contribution in [0.25, 0.3) is 0 Å². The number of carbonyl (C=O) groups excluding carboxylic acids is 2. The topological polar surface area (TPSA) is 71.1 Å². The Hall–Kier alpha value is -2.70. The predicted octanol–water partition coefficient (Wildman–Crippen LogP) is 5.62. The van der Waals surface area contributed by atoms with E-state index in [1.807, 2.05) is 32.0 Å². The number of hydrogen-bond acceptors (Lipinski definition) is 3. The first-order valence-electron chi connectivity index (χ1n) is 8.43. The van der Waals surface area contributed by atoms with Gasteiger partial charge in [-0.1, -0.05) is 28.8 Å². The van der Waals surface area contributed by atoms with E-state index in [2.05, 4.69) is 31.5 Å². The molecular weight excluding hydrogens is 442 g/mol. The van der Waals surface area contributed by atoms with Crippen molar-refractivity contribution in [3.05, 3.63) is 86.6 Å². The Labute approximate surface area is 176 Å². The number of anilines is 2. The Balaban J connectivity index is 1.80. The summed E-state index contributed by atoms with van der Waals surface area (Å²) in [4.78, 5) is 29.2. The second-order valence-electron chi connectivity index (χ2n) is 6.37. The van der Waals surface area contributed by atoms with E-state index in [1.54, 1.807) is 30.5 Å². The summed E-state index contributed by atoms with van der Waals surface area (Å²) in [5.41, 5.74) is 3.82. The summed E-state index contributed by atoms with van der Waals surface area (Å²) in [6, 6.07) is 12.1. The van der Waals surface area contributed by atoms with Crippen LogP contribution in [0, 0.1) is 13.8 Å². The first-order chi connectivity index (χ1) is 13.3. The van der Waals surface area contributed by atoms with Crippen molar-refractivity contribution < 1.29 is 9.59 Å². The lowest BCUT2D eigenvalue weighted by atomic mass is 10.1. The molecule has 0 aliphatic carbocycles. The molecule has 0 saturated heterocycles. The van der Waals surface area contributed by atoms with Crippen LogP contribution < -0.4 is 10.6 Å². The SMILES string of the molecule is Cc1cc(C)cc(C(=O)Nc2ccc(Cl)c(C(=O)Nc3cncc(Br)c3)c2)c1. The Bertz CT molecular complexity index is 1050. The first kappa shape index (κ1) is 20.0. The molecule has 2 N–H and O–H groups in total. The number of carbonyl (C=O) groups is 2. The predicted molar refractivity (Wildman–Crippen MR) is 115 cm³/mol. The average Bonchev–Trinajstić information content (AvgIpc) is 2.62. The lowest BCUT2D eigenvalue weighted by Crippen LogP contribution is -2.15. The van der Waals surface area contributed by atoms with E-state index in [4.69, 9.17) is 11.6 Å². The van der Waals surface area contributed by atoms with Crippen LogP contribution in [0.5, 0.6) is 0 Å². The van der Waals surface area contributed by atoms with Gasteiger partial charge in [0.15, 0.2) is 0 Å². The minimum Gasteiger partial charge on any atom is -0.322 e. The van der Waals surface area contributed by atoms with Gasteiger partial charge in [-0.05, 0) is 66.2 Å². The molecule has 0 saturated carbocycles. The zero-order chi connectivity index (χ0) is 20.3. The van der Waals surface area contributed by atoms with Crippen LogP contribution >= 0.6 is 27.5 Å². The van der Waals surface area contributed by atoms with Crippen molar-refractivity contribution in [3.63, 3.8) is 0 Å². The zero-order valence-corrected chi connectivity index (χ0v) is 17.6. The van der Waals surface area contributed by atoms with Crippen molar-refractivity contribution in [2.75, 3.05) is 10.6 Å². The van der Waals surface area contributed by atoms with E-state index in [9.17, 15) is 9.59 Å². The van der Waals surface area contributed by atoms with Gasteiger partial charge in [0.1, 0.15) is 0 Å². The maximum atomic E-state index is 12.6. The van der Waals surface area contributed by atoms with Gasteiger partial charge in [-0.15, -0.1) is 0 Å². The molecule has 0 atom stereocenters. The molecule has 0 bridgehead atoms. The summed E-state index contributed by atoms with van der Waals surface area (Å²) >= 11 is 9.49. The number of rotatable bonds is 4. The van der Waals surface area contributed by atoms with E-state index in [1.165, 1.54) is 6.20 Å². The molecule has 3 rings (SSSR count). The van der Waals surface area contributed by atoms with E-state index < -0.39 is 5.91 Å². The zero-order valence-electron chi connectivity index (χ0n) is 15.2. The number of nitrogens with one attached hydrogen (secondary N) is 2. The highest BCUT2D eigenvalue weighted by Gasteiger charge is 2.14. The van der Waals surface area contributed by atoms with Crippen LogP contribution in [0.3, 0.4) is 0 Å². The van der Waals surface area contributed by atoms with Gasteiger partial charge >= 0.3 is 0 Å². The fourth-order valence-corrected chi connectivity index (χ4v) is 3.33. The van der Waals surface area contributed by atoms with Crippen LogP contribution in [0.2, 0.25) is 5.02 Å². The maximum Gasteiger partial charge on any atom is 0.257 e. The molecule has 2 aromatic carbocycles. The minimum atomic E-state index is -0.396. The molecule has 7 heteroatoms. The summed E-state index contributed by atoms with van der Waals surface area (Å²) in [5.74, 6) is -0.649. The number of nitrogens with zero attached hydrogens (tertiary/aromatic N) is 1. The molecule has 0 radical (unpaired) electrons. The Morgan fingerprint density at radius 1 is 0.893 bits per heavy atom. The van der Waals surface area contributed by atoms with E-state index in [-0.39, 0.29) is 16.5 Å². The number of aryl methyl sites for hydroxylation is 2. The lowest BCUT2D eigenvalue weighted by molar-refractivity contribution is 0.101. The highest BCUT2D eigenvalue weighted by Crippen LogP contribution is 2.23. The van der Waals surface area contributed by atoms with Gasteiger partial charge in [0.2, 0.25) is 0 Å². The summed E-state index contributed by atoms with van der Waals surface area (Å²) in [6.07, 6.45) is 3.15. The number of aromatic nitrogens is 1. The van der Waals surface area contributed by atoms with Crippen molar-refractivity contribution in [3.8, 4) is 0 Å². The normalized spacial score (nSPS) is 10.4. The molecule has 0 aliphatic heterocycles. The Morgan fingerprint density at radius 2 is 1.57 bits per heavy atom. The van der Waals surface area contributed by atoms with Crippen LogP contribution in [-0.2, 0) is 0 Å². The fourth-order valence-electron chi connectivity index (χ4n) is 2.76. The number of amides is 2. The highest BCUT2D eigenvalue weighted by molar-refractivity contribution is 9.10. The second-order valence-corrected chi connectivity index (χ2v) is 7.69. The van der Waals surface area contributed by atoms with E-state index >= 15 is 0 Å². The second kappa shape index (κ2) is 8.54. The van der Waals surface area contributed by atoms with Crippen molar-refractivity contribution in [2.45, 2.75) is 13.8 Å². The quantitative estimate of drug-likeness (QED) is 0.533. The van der Waals surface area contributed by atoms with Crippen LogP contribution in [0.1, 0.15) is 31.8 Å². The maximum absolute atomic E-state index is 12.6. The molecule has 28 heavy (non-hydrogen) atoms. The van der Waals surface area contributed by atoms with E-state index in [0.29, 0.717) is 16.9 Å². The summed E-state index contributed by atoms with van der Waals surface area (Å²) in [6.45, 7) is 3.87. The molecule has 142 valence electrons. The molecule has 1 heterocycles. The lowest BCUT2D eigenvalue weighted by Gasteiger charge is -2.11. The standard InChI is InChI=1S/C21H17BrClN3O2/c1-12-5-13(2)7-14(6-12)20(27)25-16-3-4-19(23)18(9-16)21(28)26-17-8-15(22)10-24-11-17/h3-11H,1-2H3,(H,25,27)(H,26,28). The smallest absolute Gasteiger partial charge is 0.257 e. The molecule has 5 nitrogen and oxygen atoms in total. The summed E-state index contributed by atoms with van der Waals surface area (Å²) in [7, 11) is 0. The van der Waals surface area contributed by atoms with Gasteiger partial charge in [-0.3, -0.25) is 14.6 Å². The highest BCUT2D eigenvalue weighted by atomic mass is 79.9. The molecular formula is C21H17BrClN3O2. The molecule has 0 unspecified atom stereocenters. The van der Waals surface area contributed by atoms with Gasteiger partial charge in [0, 0.05) is 21.9 Å². The first-order valence-corrected chi connectivity index (χ1v) is 9.60. The van der Waals surface area contributed by atoms with Gasteiger partial charge in [0.05, 0.1) is 22.5 Å². The molecule has 0 fully saturated rings. The number of hydrogen-bond donors (Lipinski definition) is 2. The van der Waals surface area contributed by atoms with Gasteiger partial charge in [-0.25, -0.2) is 0 Å². The number of halogens is 2. The third-order valence-corrected chi connectivity index (χ3v) is 4.68. The van der Waals surface area contributed by atoms with Crippen LogP contribution in [-0.4, -0.2) is 16.8 Å². The molecule has 0 aliphatic rings. The Morgan fingerprint density at radius 3 is 2.25 bits per heavy atom. The molecule has 3 aromatic rings. The average molecular weight is 459 g/mol. The molecule has 2 amide bonds. The number of pyridine rings is 1. The molecule has 1 aromatic heterocycles. The van der Waals surface area contributed by atoms with Gasteiger partial charge in [0.25, 0.3) is 11.8 Å². The van der Waals surface area contributed by atoms with Crippen molar-refractivity contribution in [2.24, 2.45) is 0 Å². The fraction of sp³-hybridized carbons (Fsp3) is 0.0952. The van der Waals surface area contributed by atoms with Crippen molar-refractivity contribution in [1.29, 1.82) is 0 Å². The Kier molecular flexibility index (Phi) is 6.11. The largest absolute Gasteiger partial charge is 0.322 e. The van der Waals surface area contributed by atoms with E-state index in [0.717, 1.165) is 15.6 Å². The number of benzene rings is 2. The van der Waals surface area contributed by atoms with Crippen molar-refractivity contribution in [1.82, 2.24) is 4.98 Å². The molecule has 0 spiro atoms.